The first kappa shape index (κ1) is 28.8. The van der Waals surface area contributed by atoms with E-state index in [-0.39, 0.29) is 24.6 Å². The molecule has 1 atom stereocenters. The van der Waals surface area contributed by atoms with Crippen molar-refractivity contribution in [3.63, 3.8) is 0 Å². The van der Waals surface area contributed by atoms with Crippen molar-refractivity contribution in [3.8, 4) is 0 Å². The van der Waals surface area contributed by atoms with Crippen LogP contribution in [0.1, 0.15) is 30.5 Å². The Morgan fingerprint density at radius 1 is 0.921 bits per heavy atom. The van der Waals surface area contributed by atoms with E-state index < -0.39 is 40.2 Å². The molecule has 3 rings (SSSR count). The van der Waals surface area contributed by atoms with Crippen molar-refractivity contribution in [1.29, 1.82) is 0 Å². The lowest BCUT2D eigenvalue weighted by Gasteiger charge is -2.34. The second-order valence-electron chi connectivity index (χ2n) is 9.59. The zero-order chi connectivity index (χ0) is 27.9. The van der Waals surface area contributed by atoms with E-state index >= 15 is 0 Å². The predicted molar refractivity (Wildman–Crippen MR) is 148 cm³/mol. The number of nitrogens with one attached hydrogen (secondary N) is 1. The highest BCUT2D eigenvalue weighted by Crippen LogP contribution is 2.21. The number of halogens is 1. The third-order valence-electron chi connectivity index (χ3n) is 6.00. The average molecular weight is 540 g/mol. The molecule has 0 saturated heterocycles. The summed E-state index contributed by atoms with van der Waals surface area (Å²) in [6.45, 7) is 4.74. The number of sulfonamides is 1. The minimum Gasteiger partial charge on any atom is -0.352 e. The van der Waals surface area contributed by atoms with Gasteiger partial charge in [-0.05, 0) is 44.5 Å². The van der Waals surface area contributed by atoms with E-state index in [2.05, 4.69) is 5.32 Å². The molecule has 1 unspecified atom stereocenters. The van der Waals surface area contributed by atoms with E-state index in [0.717, 1.165) is 21.7 Å². The van der Waals surface area contributed by atoms with E-state index in [1.54, 1.807) is 42.5 Å². The molecule has 0 bridgehead atoms. The molecule has 3 aromatic carbocycles. The number of hydrogen-bond donors (Lipinski definition) is 1. The van der Waals surface area contributed by atoms with Crippen LogP contribution in [-0.2, 0) is 32.6 Å². The molecular weight excluding hydrogens is 505 g/mol. The number of rotatable bonds is 11. The first-order valence-corrected chi connectivity index (χ1v) is 14.2. The van der Waals surface area contributed by atoms with Crippen LogP contribution in [-0.4, -0.2) is 50.0 Å². The van der Waals surface area contributed by atoms with Gasteiger partial charge in [-0.15, -0.1) is 0 Å². The van der Waals surface area contributed by atoms with Crippen LogP contribution in [0.15, 0.2) is 78.9 Å². The molecule has 202 valence electrons. The summed E-state index contributed by atoms with van der Waals surface area (Å²) >= 11 is 0. The largest absolute Gasteiger partial charge is 0.352 e. The van der Waals surface area contributed by atoms with Gasteiger partial charge in [0.05, 0.1) is 11.9 Å². The Labute approximate surface area is 224 Å². The number of nitrogens with zero attached hydrogens (tertiary/aromatic N) is 2. The quantitative estimate of drug-likeness (QED) is 0.398. The maximum atomic E-state index is 14.7. The number of anilines is 1. The Morgan fingerprint density at radius 2 is 1.53 bits per heavy atom. The van der Waals surface area contributed by atoms with Crippen molar-refractivity contribution in [1.82, 2.24) is 10.2 Å². The maximum absolute atomic E-state index is 14.7. The highest BCUT2D eigenvalue weighted by Gasteiger charge is 2.33. The lowest BCUT2D eigenvalue weighted by atomic mass is 10.0. The lowest BCUT2D eigenvalue weighted by molar-refractivity contribution is -0.140. The Morgan fingerprint density at radius 3 is 2.11 bits per heavy atom. The van der Waals surface area contributed by atoms with Crippen molar-refractivity contribution in [2.45, 2.75) is 45.8 Å². The van der Waals surface area contributed by atoms with Crippen molar-refractivity contribution in [2.75, 3.05) is 17.1 Å². The van der Waals surface area contributed by atoms with Crippen molar-refractivity contribution in [2.24, 2.45) is 0 Å². The van der Waals surface area contributed by atoms with Gasteiger partial charge in [0, 0.05) is 24.6 Å². The molecule has 0 aliphatic rings. The van der Waals surface area contributed by atoms with E-state index in [0.29, 0.717) is 5.69 Å². The first-order chi connectivity index (χ1) is 18.0. The summed E-state index contributed by atoms with van der Waals surface area (Å²) in [7, 11) is -3.85. The molecule has 0 saturated carbocycles. The summed E-state index contributed by atoms with van der Waals surface area (Å²) in [4.78, 5) is 28.6. The van der Waals surface area contributed by atoms with Crippen LogP contribution in [0.3, 0.4) is 0 Å². The van der Waals surface area contributed by atoms with Crippen LogP contribution in [0.2, 0.25) is 0 Å². The predicted octanol–water partition coefficient (Wildman–Crippen LogP) is 4.06. The fraction of sp³-hybridized carbons (Fsp3) is 0.310. The number of aryl methyl sites for hydroxylation is 1. The highest BCUT2D eigenvalue weighted by molar-refractivity contribution is 7.92. The molecule has 0 aliphatic heterocycles. The molecule has 0 aromatic heterocycles. The van der Waals surface area contributed by atoms with E-state index in [1.807, 2.05) is 51.1 Å². The SMILES string of the molecule is Cc1ccc(N(CC(=O)N(Cc2ccccc2F)C(Cc2ccccc2)C(=O)NC(C)C)S(C)(=O)=O)cc1. The lowest BCUT2D eigenvalue weighted by Crippen LogP contribution is -2.54. The zero-order valence-corrected chi connectivity index (χ0v) is 22.9. The monoisotopic (exact) mass is 539 g/mol. The highest BCUT2D eigenvalue weighted by atomic mass is 32.2. The summed E-state index contributed by atoms with van der Waals surface area (Å²) in [5.74, 6) is -1.56. The number of benzene rings is 3. The molecule has 3 aromatic rings. The molecular formula is C29H34FN3O4S. The van der Waals surface area contributed by atoms with Crippen molar-refractivity contribution < 1.29 is 22.4 Å². The van der Waals surface area contributed by atoms with E-state index in [1.165, 1.54) is 11.0 Å². The Balaban J connectivity index is 2.06. The fourth-order valence-electron chi connectivity index (χ4n) is 4.07. The molecule has 1 N–H and O–H groups in total. The molecule has 0 radical (unpaired) electrons. The smallest absolute Gasteiger partial charge is 0.244 e. The zero-order valence-electron chi connectivity index (χ0n) is 22.1. The van der Waals surface area contributed by atoms with Crippen LogP contribution in [0.25, 0.3) is 0 Å². The standard InChI is InChI=1S/C29H34FN3O4S/c1-21(2)31-29(35)27(18-23-10-6-5-7-11-23)32(19-24-12-8-9-13-26(24)30)28(34)20-33(38(4,36)37)25-16-14-22(3)15-17-25/h5-17,21,27H,18-20H2,1-4H3,(H,31,35). The average Bonchev–Trinajstić information content (AvgIpc) is 2.85. The number of amides is 2. The Bertz CT molecular complexity index is 1350. The summed E-state index contributed by atoms with van der Waals surface area (Å²) in [6, 6.07) is 20.8. The molecule has 0 heterocycles. The van der Waals surface area contributed by atoms with Crippen LogP contribution in [0, 0.1) is 12.7 Å². The van der Waals surface area contributed by atoms with Gasteiger partial charge in [-0.3, -0.25) is 13.9 Å². The normalized spacial score (nSPS) is 12.2. The molecule has 0 aliphatic carbocycles. The van der Waals surface area contributed by atoms with E-state index in [9.17, 15) is 22.4 Å². The fourth-order valence-corrected chi connectivity index (χ4v) is 4.92. The van der Waals surface area contributed by atoms with Gasteiger partial charge in [-0.25, -0.2) is 12.8 Å². The van der Waals surface area contributed by atoms with Gasteiger partial charge in [-0.1, -0.05) is 66.2 Å². The second kappa shape index (κ2) is 12.7. The van der Waals surface area contributed by atoms with Crippen LogP contribution < -0.4 is 9.62 Å². The van der Waals surface area contributed by atoms with Gasteiger partial charge in [-0.2, -0.15) is 0 Å². The molecule has 0 fully saturated rings. The summed E-state index contributed by atoms with van der Waals surface area (Å²) in [5, 5.41) is 2.86. The van der Waals surface area contributed by atoms with Gasteiger partial charge in [0.2, 0.25) is 21.8 Å². The molecule has 38 heavy (non-hydrogen) atoms. The maximum Gasteiger partial charge on any atom is 0.244 e. The summed E-state index contributed by atoms with van der Waals surface area (Å²) in [5.41, 5.74) is 2.28. The molecule has 2 amide bonds. The van der Waals surface area contributed by atoms with Crippen molar-refractivity contribution in [3.05, 3.63) is 101 Å². The first-order valence-electron chi connectivity index (χ1n) is 12.4. The van der Waals surface area contributed by atoms with Gasteiger partial charge in [0.25, 0.3) is 0 Å². The van der Waals surface area contributed by atoms with Gasteiger partial charge in [0.1, 0.15) is 18.4 Å². The second-order valence-corrected chi connectivity index (χ2v) is 11.5. The Hall–Kier alpha value is -3.72. The number of hydrogen-bond acceptors (Lipinski definition) is 4. The van der Waals surface area contributed by atoms with Gasteiger partial charge in [0.15, 0.2) is 0 Å². The van der Waals surface area contributed by atoms with Crippen molar-refractivity contribution >= 4 is 27.5 Å². The number of carbonyl (C=O) groups is 2. The third kappa shape index (κ3) is 7.89. The van der Waals surface area contributed by atoms with Crippen LogP contribution >= 0.6 is 0 Å². The summed E-state index contributed by atoms with van der Waals surface area (Å²) < 4.78 is 41.2. The van der Waals surface area contributed by atoms with Crippen LogP contribution in [0.4, 0.5) is 10.1 Å². The van der Waals surface area contributed by atoms with Gasteiger partial charge >= 0.3 is 0 Å². The topological polar surface area (TPSA) is 86.8 Å². The molecule has 7 nitrogen and oxygen atoms in total. The summed E-state index contributed by atoms with van der Waals surface area (Å²) in [6.07, 6.45) is 1.19. The van der Waals surface area contributed by atoms with E-state index in [4.69, 9.17) is 0 Å². The van der Waals surface area contributed by atoms with Gasteiger partial charge < -0.3 is 10.2 Å². The minimum atomic E-state index is -3.85. The minimum absolute atomic E-state index is 0.170. The third-order valence-corrected chi connectivity index (χ3v) is 7.14. The molecule has 9 heteroatoms. The molecule has 0 spiro atoms. The van der Waals surface area contributed by atoms with Crippen LogP contribution in [0.5, 0.6) is 0 Å². The number of carbonyl (C=O) groups excluding carboxylic acids is 2. The Kier molecular flexibility index (Phi) is 9.63.